The highest BCUT2D eigenvalue weighted by atomic mass is 16.2. The highest BCUT2D eigenvalue weighted by Gasteiger charge is 2.36. The average Bonchev–Trinajstić information content (AvgIpc) is 3.13. The van der Waals surface area contributed by atoms with Crippen molar-refractivity contribution < 1.29 is 4.79 Å². The predicted molar refractivity (Wildman–Crippen MR) is 71.6 cm³/mol. The SMILES string of the molecule is CCCC(CCC)C(=O)N(C)C(CN)C1CC1. The zero-order valence-corrected chi connectivity index (χ0v) is 11.6. The summed E-state index contributed by atoms with van der Waals surface area (Å²) in [6.45, 7) is 4.91. The Morgan fingerprint density at radius 2 is 1.82 bits per heavy atom. The van der Waals surface area contributed by atoms with Gasteiger partial charge in [0.25, 0.3) is 0 Å². The molecular weight excluding hydrogens is 212 g/mol. The van der Waals surface area contributed by atoms with Gasteiger partial charge in [0.05, 0.1) is 0 Å². The molecule has 0 aromatic heterocycles. The van der Waals surface area contributed by atoms with Crippen molar-refractivity contribution in [3.63, 3.8) is 0 Å². The number of amides is 1. The first kappa shape index (κ1) is 14.5. The number of hydrogen-bond acceptors (Lipinski definition) is 2. The third-order valence-corrected chi connectivity index (χ3v) is 3.88. The molecule has 0 aliphatic heterocycles. The molecule has 1 aliphatic rings. The minimum absolute atomic E-state index is 0.211. The van der Waals surface area contributed by atoms with Crippen LogP contribution in [0.25, 0.3) is 0 Å². The van der Waals surface area contributed by atoms with Crippen LogP contribution in [0.3, 0.4) is 0 Å². The maximum atomic E-state index is 12.4. The van der Waals surface area contributed by atoms with Crippen LogP contribution in [-0.4, -0.2) is 30.4 Å². The van der Waals surface area contributed by atoms with E-state index in [0.717, 1.165) is 25.7 Å². The molecule has 0 saturated heterocycles. The minimum atomic E-state index is 0.211. The van der Waals surface area contributed by atoms with E-state index in [1.165, 1.54) is 12.8 Å². The first-order chi connectivity index (χ1) is 8.15. The van der Waals surface area contributed by atoms with E-state index in [2.05, 4.69) is 13.8 Å². The zero-order chi connectivity index (χ0) is 12.8. The fourth-order valence-corrected chi connectivity index (χ4v) is 2.69. The molecule has 3 heteroatoms. The minimum Gasteiger partial charge on any atom is -0.341 e. The molecule has 0 spiro atoms. The molecule has 17 heavy (non-hydrogen) atoms. The van der Waals surface area contributed by atoms with Crippen molar-refractivity contribution in [2.24, 2.45) is 17.6 Å². The van der Waals surface area contributed by atoms with Gasteiger partial charge in [-0.1, -0.05) is 26.7 Å². The monoisotopic (exact) mass is 240 g/mol. The van der Waals surface area contributed by atoms with Gasteiger partial charge in [-0.15, -0.1) is 0 Å². The molecule has 0 aromatic carbocycles. The summed E-state index contributed by atoms with van der Waals surface area (Å²) in [5.74, 6) is 1.19. The van der Waals surface area contributed by atoms with Crippen LogP contribution in [0.5, 0.6) is 0 Å². The molecule has 1 rings (SSSR count). The number of hydrogen-bond donors (Lipinski definition) is 1. The Labute approximate surface area is 106 Å². The number of rotatable bonds is 8. The Kier molecular flexibility index (Phi) is 5.96. The van der Waals surface area contributed by atoms with Gasteiger partial charge in [-0.3, -0.25) is 4.79 Å². The second-order valence-electron chi connectivity index (χ2n) is 5.36. The van der Waals surface area contributed by atoms with Crippen molar-refractivity contribution in [3.8, 4) is 0 Å². The van der Waals surface area contributed by atoms with E-state index in [1.54, 1.807) is 0 Å². The smallest absolute Gasteiger partial charge is 0.225 e. The lowest BCUT2D eigenvalue weighted by molar-refractivity contribution is -0.137. The lowest BCUT2D eigenvalue weighted by Gasteiger charge is -2.30. The molecule has 100 valence electrons. The molecule has 1 saturated carbocycles. The molecule has 1 fully saturated rings. The van der Waals surface area contributed by atoms with Crippen LogP contribution >= 0.6 is 0 Å². The molecule has 0 heterocycles. The first-order valence-electron chi connectivity index (χ1n) is 7.12. The number of carbonyl (C=O) groups excluding carboxylic acids is 1. The lowest BCUT2D eigenvalue weighted by atomic mass is 9.96. The largest absolute Gasteiger partial charge is 0.341 e. The number of nitrogens with two attached hydrogens (primary N) is 1. The van der Waals surface area contributed by atoms with Gasteiger partial charge in [0, 0.05) is 25.6 Å². The Morgan fingerprint density at radius 1 is 1.29 bits per heavy atom. The number of nitrogens with zero attached hydrogens (tertiary/aromatic N) is 1. The van der Waals surface area contributed by atoms with Gasteiger partial charge in [-0.25, -0.2) is 0 Å². The zero-order valence-electron chi connectivity index (χ0n) is 11.6. The second kappa shape index (κ2) is 7.00. The van der Waals surface area contributed by atoms with Crippen molar-refractivity contribution in [2.75, 3.05) is 13.6 Å². The normalized spacial score (nSPS) is 17.2. The van der Waals surface area contributed by atoms with Gasteiger partial charge in [0.2, 0.25) is 5.91 Å². The van der Waals surface area contributed by atoms with Crippen LogP contribution in [0.15, 0.2) is 0 Å². The quantitative estimate of drug-likeness (QED) is 0.708. The van der Waals surface area contributed by atoms with Crippen molar-refractivity contribution >= 4 is 5.91 Å². The van der Waals surface area contributed by atoms with E-state index in [9.17, 15) is 4.79 Å². The van der Waals surface area contributed by atoms with Crippen LogP contribution in [0.1, 0.15) is 52.4 Å². The van der Waals surface area contributed by atoms with Crippen LogP contribution in [0, 0.1) is 11.8 Å². The summed E-state index contributed by atoms with van der Waals surface area (Å²) in [6, 6.07) is 0.277. The van der Waals surface area contributed by atoms with Crippen LogP contribution in [0.2, 0.25) is 0 Å². The molecule has 2 N–H and O–H groups in total. The van der Waals surface area contributed by atoms with Gasteiger partial charge >= 0.3 is 0 Å². The van der Waals surface area contributed by atoms with Crippen LogP contribution < -0.4 is 5.73 Å². The van der Waals surface area contributed by atoms with Crippen molar-refractivity contribution in [1.82, 2.24) is 4.90 Å². The van der Waals surface area contributed by atoms with Gasteiger partial charge < -0.3 is 10.6 Å². The van der Waals surface area contributed by atoms with E-state index in [-0.39, 0.29) is 12.0 Å². The topological polar surface area (TPSA) is 46.3 Å². The summed E-state index contributed by atoms with van der Waals surface area (Å²) in [4.78, 5) is 14.4. The standard InChI is InChI=1S/C14H28N2O/c1-4-6-12(7-5-2)14(17)16(3)13(10-15)11-8-9-11/h11-13H,4-10,15H2,1-3H3. The summed E-state index contributed by atoms with van der Waals surface area (Å²) in [6.07, 6.45) is 6.68. The Hall–Kier alpha value is -0.570. The van der Waals surface area contributed by atoms with Crippen molar-refractivity contribution in [1.29, 1.82) is 0 Å². The summed E-state index contributed by atoms with van der Waals surface area (Å²) in [5.41, 5.74) is 5.81. The third kappa shape index (κ3) is 3.98. The van der Waals surface area contributed by atoms with Crippen LogP contribution in [-0.2, 0) is 4.79 Å². The predicted octanol–water partition coefficient (Wildman–Crippen LogP) is 2.40. The highest BCUT2D eigenvalue weighted by molar-refractivity contribution is 5.79. The lowest BCUT2D eigenvalue weighted by Crippen LogP contribution is -2.45. The molecule has 1 aliphatic carbocycles. The van der Waals surface area contributed by atoms with E-state index >= 15 is 0 Å². The fraction of sp³-hybridized carbons (Fsp3) is 0.929. The third-order valence-electron chi connectivity index (χ3n) is 3.88. The van der Waals surface area contributed by atoms with E-state index in [4.69, 9.17) is 5.73 Å². The van der Waals surface area contributed by atoms with Crippen molar-refractivity contribution in [2.45, 2.75) is 58.4 Å². The molecule has 0 bridgehead atoms. The molecule has 0 aromatic rings. The molecule has 1 atom stereocenters. The summed E-state index contributed by atoms with van der Waals surface area (Å²) in [7, 11) is 1.94. The molecule has 3 nitrogen and oxygen atoms in total. The van der Waals surface area contributed by atoms with Gasteiger partial charge in [-0.05, 0) is 31.6 Å². The Balaban J connectivity index is 2.57. The second-order valence-corrected chi connectivity index (χ2v) is 5.36. The van der Waals surface area contributed by atoms with Crippen LogP contribution in [0.4, 0.5) is 0 Å². The molecule has 1 amide bonds. The van der Waals surface area contributed by atoms with Gasteiger partial charge in [0.1, 0.15) is 0 Å². The maximum Gasteiger partial charge on any atom is 0.225 e. The maximum absolute atomic E-state index is 12.4. The molecule has 0 radical (unpaired) electrons. The Morgan fingerprint density at radius 3 is 2.18 bits per heavy atom. The summed E-state index contributed by atoms with van der Waals surface area (Å²) >= 11 is 0. The van der Waals surface area contributed by atoms with E-state index < -0.39 is 0 Å². The van der Waals surface area contributed by atoms with E-state index in [0.29, 0.717) is 18.4 Å². The summed E-state index contributed by atoms with van der Waals surface area (Å²) in [5, 5.41) is 0. The van der Waals surface area contributed by atoms with Gasteiger partial charge in [0.15, 0.2) is 0 Å². The number of likely N-dealkylation sites (N-methyl/N-ethyl adjacent to an activating group) is 1. The number of carbonyl (C=O) groups is 1. The van der Waals surface area contributed by atoms with Gasteiger partial charge in [-0.2, -0.15) is 0 Å². The molecular formula is C14H28N2O. The summed E-state index contributed by atoms with van der Waals surface area (Å²) < 4.78 is 0. The average molecular weight is 240 g/mol. The van der Waals surface area contributed by atoms with E-state index in [1.807, 2.05) is 11.9 Å². The first-order valence-corrected chi connectivity index (χ1v) is 7.12. The Bertz CT molecular complexity index is 232. The van der Waals surface area contributed by atoms with Crippen molar-refractivity contribution in [3.05, 3.63) is 0 Å². The fourth-order valence-electron chi connectivity index (χ4n) is 2.69. The molecule has 1 unspecified atom stereocenters. The highest BCUT2D eigenvalue weighted by Crippen LogP contribution is 2.35.